The highest BCUT2D eigenvalue weighted by molar-refractivity contribution is 5.81. The van der Waals surface area contributed by atoms with Crippen LogP contribution in [0.4, 0.5) is 0 Å². The zero-order valence-corrected chi connectivity index (χ0v) is 8.17. The molecule has 0 heterocycles. The number of carbonyl (C=O) groups is 1. The van der Waals surface area contributed by atoms with Gasteiger partial charge in [0.25, 0.3) is 0 Å². The van der Waals surface area contributed by atoms with Crippen molar-refractivity contribution in [2.24, 2.45) is 5.92 Å². The van der Waals surface area contributed by atoms with E-state index in [2.05, 4.69) is 13.8 Å². The van der Waals surface area contributed by atoms with Gasteiger partial charge < -0.3 is 4.74 Å². The minimum Gasteiger partial charge on any atom is -0.463 e. The minimum atomic E-state index is -0.236. The predicted octanol–water partition coefficient (Wildman–Crippen LogP) is 2.54. The Labute approximate surface area is 74.6 Å². The van der Waals surface area contributed by atoms with Gasteiger partial charge >= 0.3 is 5.97 Å². The predicted molar refractivity (Wildman–Crippen MR) is 49.8 cm³/mol. The fraction of sp³-hybridized carbons (Fsp3) is 0.700. The van der Waals surface area contributed by atoms with Crippen LogP contribution in [0.1, 0.15) is 33.6 Å². The molecule has 0 aliphatic rings. The number of allylic oxidation sites excluding steroid dienone is 1. The van der Waals surface area contributed by atoms with Gasteiger partial charge in [-0.3, -0.25) is 0 Å². The summed E-state index contributed by atoms with van der Waals surface area (Å²) in [6.07, 6.45) is 5.69. The van der Waals surface area contributed by atoms with Crippen LogP contribution < -0.4 is 0 Å². The average Bonchev–Trinajstić information content (AvgIpc) is 2.02. The van der Waals surface area contributed by atoms with Crippen molar-refractivity contribution >= 4 is 5.97 Å². The number of carbonyl (C=O) groups excluding carboxylic acids is 1. The molecule has 0 spiro atoms. The van der Waals surface area contributed by atoms with Gasteiger partial charge in [0.15, 0.2) is 0 Å². The zero-order chi connectivity index (χ0) is 9.40. The van der Waals surface area contributed by atoms with Crippen LogP contribution in [0.15, 0.2) is 12.2 Å². The van der Waals surface area contributed by atoms with Crippen LogP contribution in [0, 0.1) is 5.92 Å². The SMILES string of the molecule is CCC[C@H](C)/C=C/C(=O)OCC. The summed E-state index contributed by atoms with van der Waals surface area (Å²) in [4.78, 5) is 10.8. The Morgan fingerprint density at radius 2 is 2.17 bits per heavy atom. The lowest BCUT2D eigenvalue weighted by atomic mass is 10.1. The van der Waals surface area contributed by atoms with Gasteiger partial charge in [-0.2, -0.15) is 0 Å². The average molecular weight is 170 g/mol. The van der Waals surface area contributed by atoms with E-state index in [-0.39, 0.29) is 5.97 Å². The van der Waals surface area contributed by atoms with Crippen molar-refractivity contribution in [3.05, 3.63) is 12.2 Å². The van der Waals surface area contributed by atoms with Crippen molar-refractivity contribution in [2.45, 2.75) is 33.6 Å². The highest BCUT2D eigenvalue weighted by Gasteiger charge is 1.97. The van der Waals surface area contributed by atoms with E-state index in [4.69, 9.17) is 4.74 Å². The molecule has 12 heavy (non-hydrogen) atoms. The minimum absolute atomic E-state index is 0.236. The lowest BCUT2D eigenvalue weighted by Crippen LogP contribution is -2.00. The molecule has 0 N–H and O–H groups in total. The van der Waals surface area contributed by atoms with E-state index in [1.54, 1.807) is 6.92 Å². The van der Waals surface area contributed by atoms with E-state index in [0.29, 0.717) is 12.5 Å². The van der Waals surface area contributed by atoms with Crippen molar-refractivity contribution < 1.29 is 9.53 Å². The van der Waals surface area contributed by atoms with Crippen molar-refractivity contribution in [3.63, 3.8) is 0 Å². The first-order chi connectivity index (χ1) is 5.70. The van der Waals surface area contributed by atoms with Crippen LogP contribution in [-0.2, 0) is 9.53 Å². The van der Waals surface area contributed by atoms with Crippen molar-refractivity contribution in [1.82, 2.24) is 0 Å². The van der Waals surface area contributed by atoms with Crippen LogP contribution >= 0.6 is 0 Å². The van der Waals surface area contributed by atoms with Crippen molar-refractivity contribution in [2.75, 3.05) is 6.61 Å². The fourth-order valence-electron chi connectivity index (χ4n) is 0.985. The Balaban J connectivity index is 3.65. The number of ether oxygens (including phenoxy) is 1. The molecule has 70 valence electrons. The summed E-state index contributed by atoms with van der Waals surface area (Å²) in [7, 11) is 0. The molecule has 0 bridgehead atoms. The molecule has 0 fully saturated rings. The fourth-order valence-corrected chi connectivity index (χ4v) is 0.985. The number of rotatable bonds is 5. The van der Waals surface area contributed by atoms with E-state index < -0.39 is 0 Å². The maximum Gasteiger partial charge on any atom is 0.330 e. The second-order valence-electron chi connectivity index (χ2n) is 2.88. The topological polar surface area (TPSA) is 26.3 Å². The molecule has 0 aromatic heterocycles. The molecule has 0 aliphatic carbocycles. The lowest BCUT2D eigenvalue weighted by molar-refractivity contribution is -0.137. The number of hydrogen-bond donors (Lipinski definition) is 0. The van der Waals surface area contributed by atoms with E-state index in [1.807, 2.05) is 6.08 Å². The summed E-state index contributed by atoms with van der Waals surface area (Å²) in [6, 6.07) is 0. The molecule has 0 aromatic rings. The van der Waals surface area contributed by atoms with Crippen molar-refractivity contribution in [3.8, 4) is 0 Å². The summed E-state index contributed by atoms with van der Waals surface area (Å²) in [5.74, 6) is 0.236. The Kier molecular flexibility index (Phi) is 6.44. The van der Waals surface area contributed by atoms with Gasteiger partial charge in [0.05, 0.1) is 6.61 Å². The third-order valence-corrected chi connectivity index (χ3v) is 1.59. The molecule has 0 aliphatic heterocycles. The summed E-state index contributed by atoms with van der Waals surface area (Å²) >= 11 is 0. The van der Waals surface area contributed by atoms with E-state index in [1.165, 1.54) is 6.08 Å². The Hall–Kier alpha value is -0.790. The smallest absolute Gasteiger partial charge is 0.330 e. The first kappa shape index (κ1) is 11.2. The van der Waals surface area contributed by atoms with Crippen LogP contribution in [0.25, 0.3) is 0 Å². The van der Waals surface area contributed by atoms with Gasteiger partial charge in [-0.25, -0.2) is 4.79 Å². The Morgan fingerprint density at radius 1 is 1.50 bits per heavy atom. The molecule has 2 heteroatoms. The van der Waals surface area contributed by atoms with Gasteiger partial charge in [-0.15, -0.1) is 0 Å². The van der Waals surface area contributed by atoms with Crippen LogP contribution in [0.2, 0.25) is 0 Å². The van der Waals surface area contributed by atoms with Gasteiger partial charge in [0, 0.05) is 6.08 Å². The molecular formula is C10H18O2. The highest BCUT2D eigenvalue weighted by Crippen LogP contribution is 2.05. The molecule has 0 aromatic carbocycles. The molecule has 1 atom stereocenters. The summed E-state index contributed by atoms with van der Waals surface area (Å²) < 4.78 is 4.74. The van der Waals surface area contributed by atoms with E-state index in [0.717, 1.165) is 12.8 Å². The van der Waals surface area contributed by atoms with Gasteiger partial charge in [-0.05, 0) is 19.3 Å². The quantitative estimate of drug-likeness (QED) is 0.468. The second kappa shape index (κ2) is 6.89. The first-order valence-electron chi connectivity index (χ1n) is 4.55. The summed E-state index contributed by atoms with van der Waals surface area (Å²) in [6.45, 7) is 6.49. The normalized spacial score (nSPS) is 13.2. The third-order valence-electron chi connectivity index (χ3n) is 1.59. The van der Waals surface area contributed by atoms with Gasteiger partial charge in [0.2, 0.25) is 0 Å². The standard InChI is InChI=1S/C10H18O2/c1-4-6-9(3)7-8-10(11)12-5-2/h7-9H,4-6H2,1-3H3/b8-7+/t9-/m0/s1. The maximum atomic E-state index is 10.8. The third kappa shape index (κ3) is 5.96. The first-order valence-corrected chi connectivity index (χ1v) is 4.55. The second-order valence-corrected chi connectivity index (χ2v) is 2.88. The molecule has 2 nitrogen and oxygen atoms in total. The monoisotopic (exact) mass is 170 g/mol. The molecular weight excluding hydrogens is 152 g/mol. The van der Waals surface area contributed by atoms with Crippen molar-refractivity contribution in [1.29, 1.82) is 0 Å². The van der Waals surface area contributed by atoms with Gasteiger partial charge in [0.1, 0.15) is 0 Å². The summed E-state index contributed by atoms with van der Waals surface area (Å²) in [5, 5.41) is 0. The number of hydrogen-bond acceptors (Lipinski definition) is 2. The maximum absolute atomic E-state index is 10.8. The van der Waals surface area contributed by atoms with Crippen LogP contribution in [0.3, 0.4) is 0 Å². The lowest BCUT2D eigenvalue weighted by Gasteiger charge is -2.01. The highest BCUT2D eigenvalue weighted by atomic mass is 16.5. The zero-order valence-electron chi connectivity index (χ0n) is 8.17. The Morgan fingerprint density at radius 3 is 2.67 bits per heavy atom. The van der Waals surface area contributed by atoms with Crippen LogP contribution in [-0.4, -0.2) is 12.6 Å². The summed E-state index contributed by atoms with van der Waals surface area (Å²) in [5.41, 5.74) is 0. The van der Waals surface area contributed by atoms with E-state index in [9.17, 15) is 4.79 Å². The molecule has 0 amide bonds. The molecule has 0 saturated heterocycles. The molecule has 0 rings (SSSR count). The molecule has 0 radical (unpaired) electrons. The largest absolute Gasteiger partial charge is 0.463 e. The Bertz CT molecular complexity index is 150. The van der Waals surface area contributed by atoms with Gasteiger partial charge in [-0.1, -0.05) is 26.3 Å². The molecule has 0 unspecified atom stereocenters. The van der Waals surface area contributed by atoms with Crippen LogP contribution in [0.5, 0.6) is 0 Å². The molecule has 0 saturated carbocycles. The van der Waals surface area contributed by atoms with E-state index >= 15 is 0 Å². The number of esters is 1.